The van der Waals surface area contributed by atoms with Gasteiger partial charge in [0.15, 0.2) is 0 Å². The van der Waals surface area contributed by atoms with E-state index < -0.39 is 6.10 Å². The quantitative estimate of drug-likeness (QED) is 0.824. The number of aliphatic hydroxyl groups is 1. The molecule has 1 unspecified atom stereocenters. The van der Waals surface area contributed by atoms with Crippen LogP contribution in [0.2, 0.25) is 0 Å². The van der Waals surface area contributed by atoms with E-state index in [2.05, 4.69) is 0 Å². The Hall–Kier alpha value is -1.02. The number of aliphatic hydroxyl groups excluding tert-OH is 1. The Morgan fingerprint density at radius 3 is 2.53 bits per heavy atom. The first kappa shape index (κ1) is 12.1. The number of benzene rings is 1. The molecule has 2 heteroatoms. The molecule has 0 aliphatic rings. The van der Waals surface area contributed by atoms with E-state index in [1.807, 2.05) is 45.9 Å². The molecule has 0 bridgehead atoms. The van der Waals surface area contributed by atoms with Crippen molar-refractivity contribution in [1.29, 1.82) is 0 Å². The van der Waals surface area contributed by atoms with Gasteiger partial charge in [0.1, 0.15) is 5.75 Å². The standard InChI is InChI=1S/C13H20O2/c1-5-15-12-7-6-10(4)8-11(12)13(14)9(2)3/h6-9,13-14H,5H2,1-4H3. The zero-order valence-electron chi connectivity index (χ0n) is 9.95. The maximum Gasteiger partial charge on any atom is 0.125 e. The fourth-order valence-corrected chi connectivity index (χ4v) is 1.55. The summed E-state index contributed by atoms with van der Waals surface area (Å²) in [4.78, 5) is 0. The lowest BCUT2D eigenvalue weighted by atomic mass is 9.97. The number of hydrogen-bond acceptors (Lipinski definition) is 2. The zero-order chi connectivity index (χ0) is 11.4. The van der Waals surface area contributed by atoms with Crippen LogP contribution in [0.15, 0.2) is 18.2 Å². The van der Waals surface area contributed by atoms with Gasteiger partial charge in [-0.1, -0.05) is 25.5 Å². The molecule has 2 nitrogen and oxygen atoms in total. The first-order valence-electron chi connectivity index (χ1n) is 5.47. The van der Waals surface area contributed by atoms with Crippen LogP contribution in [-0.2, 0) is 0 Å². The van der Waals surface area contributed by atoms with E-state index in [4.69, 9.17) is 4.74 Å². The van der Waals surface area contributed by atoms with Gasteiger partial charge in [0, 0.05) is 5.56 Å². The second-order valence-electron chi connectivity index (χ2n) is 4.16. The van der Waals surface area contributed by atoms with Gasteiger partial charge < -0.3 is 9.84 Å². The Morgan fingerprint density at radius 1 is 1.33 bits per heavy atom. The molecule has 0 heterocycles. The largest absolute Gasteiger partial charge is 0.493 e. The van der Waals surface area contributed by atoms with Crippen LogP contribution >= 0.6 is 0 Å². The van der Waals surface area contributed by atoms with Gasteiger partial charge in [-0.15, -0.1) is 0 Å². The molecule has 1 rings (SSSR count). The summed E-state index contributed by atoms with van der Waals surface area (Å²) in [6.45, 7) is 8.60. The highest BCUT2D eigenvalue weighted by Crippen LogP contribution is 2.30. The van der Waals surface area contributed by atoms with Crippen molar-refractivity contribution in [1.82, 2.24) is 0 Å². The van der Waals surface area contributed by atoms with Crippen LogP contribution in [0.1, 0.15) is 38.0 Å². The fourth-order valence-electron chi connectivity index (χ4n) is 1.55. The lowest BCUT2D eigenvalue weighted by molar-refractivity contribution is 0.122. The molecule has 0 saturated heterocycles. The van der Waals surface area contributed by atoms with E-state index >= 15 is 0 Å². The minimum absolute atomic E-state index is 0.200. The molecule has 0 fully saturated rings. The van der Waals surface area contributed by atoms with Crippen LogP contribution in [0, 0.1) is 12.8 Å². The van der Waals surface area contributed by atoms with Crippen LogP contribution in [0.25, 0.3) is 0 Å². The SMILES string of the molecule is CCOc1ccc(C)cc1C(O)C(C)C. The average molecular weight is 208 g/mol. The highest BCUT2D eigenvalue weighted by Gasteiger charge is 2.16. The highest BCUT2D eigenvalue weighted by atomic mass is 16.5. The minimum atomic E-state index is -0.452. The lowest BCUT2D eigenvalue weighted by Gasteiger charge is -2.19. The third-order valence-electron chi connectivity index (χ3n) is 2.42. The van der Waals surface area contributed by atoms with Crippen molar-refractivity contribution < 1.29 is 9.84 Å². The Kier molecular flexibility index (Phi) is 4.15. The highest BCUT2D eigenvalue weighted by molar-refractivity contribution is 5.38. The van der Waals surface area contributed by atoms with Gasteiger partial charge in [0.25, 0.3) is 0 Å². The maximum atomic E-state index is 10.0. The maximum absolute atomic E-state index is 10.0. The Labute approximate surface area is 91.9 Å². The molecule has 0 aliphatic heterocycles. The van der Waals surface area contributed by atoms with Crippen molar-refractivity contribution in [3.05, 3.63) is 29.3 Å². The summed E-state index contributed by atoms with van der Waals surface area (Å²) in [5, 5.41) is 10.0. The predicted molar refractivity (Wildman–Crippen MR) is 62.1 cm³/mol. The third kappa shape index (κ3) is 2.96. The topological polar surface area (TPSA) is 29.5 Å². The molecule has 0 radical (unpaired) electrons. The molecule has 1 aromatic rings. The monoisotopic (exact) mass is 208 g/mol. The van der Waals surface area contributed by atoms with Crippen molar-refractivity contribution >= 4 is 0 Å². The van der Waals surface area contributed by atoms with Gasteiger partial charge in [-0.25, -0.2) is 0 Å². The number of hydrogen-bond donors (Lipinski definition) is 1. The fraction of sp³-hybridized carbons (Fsp3) is 0.538. The third-order valence-corrected chi connectivity index (χ3v) is 2.42. The summed E-state index contributed by atoms with van der Waals surface area (Å²) in [6, 6.07) is 5.93. The Balaban J connectivity index is 3.06. The van der Waals surface area contributed by atoms with Gasteiger partial charge in [-0.2, -0.15) is 0 Å². The van der Waals surface area contributed by atoms with E-state index in [1.54, 1.807) is 0 Å². The Bertz CT molecular complexity index is 318. The van der Waals surface area contributed by atoms with Crippen LogP contribution in [0.3, 0.4) is 0 Å². The molecule has 15 heavy (non-hydrogen) atoms. The van der Waals surface area contributed by atoms with E-state index in [9.17, 15) is 5.11 Å². The summed E-state index contributed by atoms with van der Waals surface area (Å²) >= 11 is 0. The van der Waals surface area contributed by atoms with Gasteiger partial charge >= 0.3 is 0 Å². The normalized spacial score (nSPS) is 12.9. The van der Waals surface area contributed by atoms with E-state index in [0.29, 0.717) is 6.61 Å². The van der Waals surface area contributed by atoms with Gasteiger partial charge in [0.05, 0.1) is 12.7 Å². The number of ether oxygens (including phenoxy) is 1. The smallest absolute Gasteiger partial charge is 0.125 e. The molecule has 0 saturated carbocycles. The molecule has 1 aromatic carbocycles. The minimum Gasteiger partial charge on any atom is -0.493 e. The molecular formula is C13H20O2. The molecular weight excluding hydrogens is 188 g/mol. The molecule has 1 atom stereocenters. The van der Waals surface area contributed by atoms with Crippen LogP contribution in [0.4, 0.5) is 0 Å². The molecule has 0 amide bonds. The second-order valence-corrected chi connectivity index (χ2v) is 4.16. The molecule has 0 aromatic heterocycles. The summed E-state index contributed by atoms with van der Waals surface area (Å²) in [5.74, 6) is 0.996. The summed E-state index contributed by atoms with van der Waals surface area (Å²) in [6.07, 6.45) is -0.452. The van der Waals surface area contributed by atoms with Crippen LogP contribution < -0.4 is 4.74 Å². The summed E-state index contributed by atoms with van der Waals surface area (Å²) in [7, 11) is 0. The second kappa shape index (κ2) is 5.17. The first-order chi connectivity index (χ1) is 7.06. The number of aryl methyl sites for hydroxylation is 1. The van der Waals surface area contributed by atoms with Gasteiger partial charge in [0.2, 0.25) is 0 Å². The van der Waals surface area contributed by atoms with Crippen LogP contribution in [0.5, 0.6) is 5.75 Å². The van der Waals surface area contributed by atoms with Crippen molar-refractivity contribution in [2.75, 3.05) is 6.61 Å². The molecule has 84 valence electrons. The van der Waals surface area contributed by atoms with E-state index in [1.165, 1.54) is 0 Å². The molecule has 1 N–H and O–H groups in total. The van der Waals surface area contributed by atoms with Crippen LogP contribution in [-0.4, -0.2) is 11.7 Å². The zero-order valence-corrected chi connectivity index (χ0v) is 9.95. The van der Waals surface area contributed by atoms with Gasteiger partial charge in [-0.05, 0) is 31.9 Å². The average Bonchev–Trinajstić information content (AvgIpc) is 2.20. The van der Waals surface area contributed by atoms with E-state index in [-0.39, 0.29) is 5.92 Å². The number of rotatable bonds is 4. The van der Waals surface area contributed by atoms with E-state index in [0.717, 1.165) is 16.9 Å². The molecule has 0 spiro atoms. The van der Waals surface area contributed by atoms with Crippen molar-refractivity contribution in [2.45, 2.75) is 33.8 Å². The lowest BCUT2D eigenvalue weighted by Crippen LogP contribution is -2.08. The van der Waals surface area contributed by atoms with Gasteiger partial charge in [-0.3, -0.25) is 0 Å². The molecule has 0 aliphatic carbocycles. The van der Waals surface area contributed by atoms with Crippen molar-refractivity contribution in [2.24, 2.45) is 5.92 Å². The summed E-state index contributed by atoms with van der Waals surface area (Å²) in [5.41, 5.74) is 2.04. The summed E-state index contributed by atoms with van der Waals surface area (Å²) < 4.78 is 5.50. The Morgan fingerprint density at radius 2 is 2.00 bits per heavy atom. The van der Waals surface area contributed by atoms with Crippen molar-refractivity contribution in [3.8, 4) is 5.75 Å². The first-order valence-corrected chi connectivity index (χ1v) is 5.47. The predicted octanol–water partition coefficient (Wildman–Crippen LogP) is 3.08. The van der Waals surface area contributed by atoms with Crippen molar-refractivity contribution in [3.63, 3.8) is 0 Å².